The van der Waals surface area contributed by atoms with Gasteiger partial charge in [-0.05, 0) is 32.1 Å². The number of ether oxygens (including phenoxy) is 3. The highest BCUT2D eigenvalue weighted by Crippen LogP contribution is 2.16. The molecular formula is C52H94O6. The zero-order chi connectivity index (χ0) is 42.3. The van der Waals surface area contributed by atoms with Crippen molar-refractivity contribution in [2.45, 2.75) is 264 Å². The number of esters is 3. The van der Waals surface area contributed by atoms with E-state index in [1.807, 2.05) is 6.08 Å². The van der Waals surface area contributed by atoms with Crippen LogP contribution in [0, 0.1) is 0 Å². The molecule has 0 aromatic carbocycles. The van der Waals surface area contributed by atoms with Crippen LogP contribution in [0.1, 0.15) is 258 Å². The molecule has 0 N–H and O–H groups in total. The van der Waals surface area contributed by atoms with Gasteiger partial charge in [-0.25, -0.2) is 0 Å². The first kappa shape index (κ1) is 55.6. The summed E-state index contributed by atoms with van der Waals surface area (Å²) in [5.41, 5.74) is 0. The monoisotopic (exact) mass is 815 g/mol. The Balaban J connectivity index is 4.30. The van der Waals surface area contributed by atoms with Crippen molar-refractivity contribution in [1.82, 2.24) is 0 Å². The molecule has 0 amide bonds. The topological polar surface area (TPSA) is 78.9 Å². The van der Waals surface area contributed by atoms with Crippen LogP contribution in [0.25, 0.3) is 0 Å². The summed E-state index contributed by atoms with van der Waals surface area (Å²) in [6.45, 7) is 6.44. The molecule has 0 bridgehead atoms. The first-order valence-corrected chi connectivity index (χ1v) is 25.0. The van der Waals surface area contributed by atoms with E-state index in [4.69, 9.17) is 14.2 Å². The van der Waals surface area contributed by atoms with Gasteiger partial charge in [-0.1, -0.05) is 243 Å². The molecule has 0 saturated carbocycles. The van der Waals surface area contributed by atoms with Crippen LogP contribution in [-0.2, 0) is 28.6 Å². The van der Waals surface area contributed by atoms with Crippen molar-refractivity contribution in [2.75, 3.05) is 13.2 Å². The highest BCUT2D eigenvalue weighted by atomic mass is 16.6. The summed E-state index contributed by atoms with van der Waals surface area (Å²) in [5, 5.41) is 0. The van der Waals surface area contributed by atoms with E-state index in [0.717, 1.165) is 57.8 Å². The van der Waals surface area contributed by atoms with Crippen molar-refractivity contribution in [1.29, 1.82) is 0 Å². The summed E-state index contributed by atoms with van der Waals surface area (Å²) < 4.78 is 16.6. The zero-order valence-electron chi connectivity index (χ0n) is 38.6. The third-order valence-electron chi connectivity index (χ3n) is 10.9. The fourth-order valence-electron chi connectivity index (χ4n) is 7.21. The number of allylic oxidation sites excluding steroid dienone is 5. The Hall–Kier alpha value is -2.37. The predicted octanol–water partition coefficient (Wildman–Crippen LogP) is 16.1. The maximum Gasteiger partial charge on any atom is 0.309 e. The molecule has 1 atom stereocenters. The fraction of sp³-hybridized carbons (Fsp3) is 0.827. The number of carbonyl (C=O) groups is 3. The van der Waals surface area contributed by atoms with Crippen molar-refractivity contribution in [3.8, 4) is 0 Å². The Morgan fingerprint density at radius 2 is 0.672 bits per heavy atom. The van der Waals surface area contributed by atoms with E-state index >= 15 is 0 Å². The predicted molar refractivity (Wildman–Crippen MR) is 247 cm³/mol. The summed E-state index contributed by atoms with van der Waals surface area (Å²) in [5.74, 6) is -1.01. The molecule has 0 saturated heterocycles. The van der Waals surface area contributed by atoms with Crippen LogP contribution in [0.3, 0.4) is 0 Å². The van der Waals surface area contributed by atoms with Crippen LogP contribution in [0.4, 0.5) is 0 Å². The molecule has 0 spiro atoms. The zero-order valence-corrected chi connectivity index (χ0v) is 38.6. The van der Waals surface area contributed by atoms with Crippen LogP contribution in [0.15, 0.2) is 36.5 Å². The Labute approximate surface area is 359 Å². The standard InChI is InChI=1S/C52H94O6/c1-4-7-10-13-16-19-21-23-24-25-26-27-29-30-33-36-39-42-45-51(54)57-48-49(47-56-50(53)44-41-38-35-32-18-15-12-9-6-3)58-52(55)46-43-40-37-34-31-28-22-20-17-14-11-8-5-2/h9,12,18,32,38,41,49H,4-8,10-11,13-17,19-31,33-37,39-40,42-48H2,1-3H3/b12-9-,32-18-,41-38-. The SMILES string of the molecule is CC/C=C\C/C=C\C/C=C\CC(=O)OCC(COC(=O)CCCCCCCCCCCCCCCCCCCC)OC(=O)CCCCCCCCCCCCCCC. The Morgan fingerprint density at radius 3 is 1.05 bits per heavy atom. The molecule has 6 nitrogen and oxygen atoms in total. The van der Waals surface area contributed by atoms with E-state index in [2.05, 4.69) is 45.1 Å². The lowest BCUT2D eigenvalue weighted by Crippen LogP contribution is -2.30. The summed E-state index contributed by atoms with van der Waals surface area (Å²) in [4.78, 5) is 37.7. The molecule has 0 aliphatic carbocycles. The van der Waals surface area contributed by atoms with Crippen molar-refractivity contribution in [3.63, 3.8) is 0 Å². The Bertz CT molecular complexity index is 984. The normalized spacial score (nSPS) is 12.3. The molecule has 0 radical (unpaired) electrons. The van der Waals surface area contributed by atoms with Gasteiger partial charge in [0.1, 0.15) is 13.2 Å². The average molecular weight is 815 g/mol. The van der Waals surface area contributed by atoms with E-state index in [0.29, 0.717) is 12.8 Å². The smallest absolute Gasteiger partial charge is 0.309 e. The molecule has 0 aliphatic heterocycles. The molecular weight excluding hydrogens is 721 g/mol. The van der Waals surface area contributed by atoms with Crippen LogP contribution >= 0.6 is 0 Å². The first-order valence-electron chi connectivity index (χ1n) is 25.0. The van der Waals surface area contributed by atoms with Gasteiger partial charge in [-0.3, -0.25) is 14.4 Å². The average Bonchev–Trinajstić information content (AvgIpc) is 3.22. The van der Waals surface area contributed by atoms with Gasteiger partial charge >= 0.3 is 17.9 Å². The summed E-state index contributed by atoms with van der Waals surface area (Å²) in [6, 6.07) is 0. The second-order valence-corrected chi connectivity index (χ2v) is 16.7. The molecule has 6 heteroatoms. The summed E-state index contributed by atoms with van der Waals surface area (Å²) in [6.07, 6.45) is 54.5. The fourth-order valence-corrected chi connectivity index (χ4v) is 7.21. The molecule has 58 heavy (non-hydrogen) atoms. The maximum atomic E-state index is 12.7. The van der Waals surface area contributed by atoms with E-state index in [9.17, 15) is 14.4 Å². The molecule has 338 valence electrons. The summed E-state index contributed by atoms with van der Waals surface area (Å²) in [7, 11) is 0. The van der Waals surface area contributed by atoms with Gasteiger partial charge in [-0.2, -0.15) is 0 Å². The van der Waals surface area contributed by atoms with Crippen molar-refractivity contribution < 1.29 is 28.6 Å². The molecule has 0 aromatic heterocycles. The molecule has 0 aliphatic rings. The minimum Gasteiger partial charge on any atom is -0.462 e. The van der Waals surface area contributed by atoms with Gasteiger partial charge in [0.05, 0.1) is 6.42 Å². The lowest BCUT2D eigenvalue weighted by atomic mass is 10.0. The number of hydrogen-bond donors (Lipinski definition) is 0. The molecule has 0 heterocycles. The Kier molecular flexibility index (Phi) is 45.4. The lowest BCUT2D eigenvalue weighted by molar-refractivity contribution is -0.166. The van der Waals surface area contributed by atoms with Gasteiger partial charge in [0.15, 0.2) is 6.10 Å². The Morgan fingerprint density at radius 1 is 0.362 bits per heavy atom. The molecule has 0 aromatic rings. The van der Waals surface area contributed by atoms with Gasteiger partial charge in [0.25, 0.3) is 0 Å². The van der Waals surface area contributed by atoms with Crippen molar-refractivity contribution >= 4 is 17.9 Å². The van der Waals surface area contributed by atoms with Gasteiger partial charge in [-0.15, -0.1) is 0 Å². The van der Waals surface area contributed by atoms with E-state index in [1.54, 1.807) is 6.08 Å². The minimum absolute atomic E-state index is 0.0946. The highest BCUT2D eigenvalue weighted by molar-refractivity contribution is 5.72. The maximum absolute atomic E-state index is 12.7. The second kappa shape index (κ2) is 47.3. The number of unbranched alkanes of at least 4 members (excludes halogenated alkanes) is 29. The largest absolute Gasteiger partial charge is 0.462 e. The van der Waals surface area contributed by atoms with Crippen LogP contribution in [0.5, 0.6) is 0 Å². The third-order valence-corrected chi connectivity index (χ3v) is 10.9. The number of hydrogen-bond acceptors (Lipinski definition) is 6. The molecule has 1 unspecified atom stereocenters. The quantitative estimate of drug-likeness (QED) is 0.0264. The molecule has 0 fully saturated rings. The van der Waals surface area contributed by atoms with E-state index in [1.165, 1.54) is 161 Å². The number of carbonyl (C=O) groups excluding carboxylic acids is 3. The van der Waals surface area contributed by atoms with E-state index < -0.39 is 12.1 Å². The lowest BCUT2D eigenvalue weighted by Gasteiger charge is -2.18. The van der Waals surface area contributed by atoms with Gasteiger partial charge < -0.3 is 14.2 Å². The summed E-state index contributed by atoms with van der Waals surface area (Å²) >= 11 is 0. The van der Waals surface area contributed by atoms with Crippen LogP contribution in [-0.4, -0.2) is 37.2 Å². The van der Waals surface area contributed by atoms with Crippen LogP contribution in [0.2, 0.25) is 0 Å². The van der Waals surface area contributed by atoms with Crippen LogP contribution < -0.4 is 0 Å². The minimum atomic E-state index is -0.800. The first-order chi connectivity index (χ1) is 28.5. The van der Waals surface area contributed by atoms with Crippen molar-refractivity contribution in [3.05, 3.63) is 36.5 Å². The molecule has 0 rings (SSSR count). The number of rotatable bonds is 45. The van der Waals surface area contributed by atoms with E-state index in [-0.39, 0.29) is 31.6 Å². The van der Waals surface area contributed by atoms with Gasteiger partial charge in [0, 0.05) is 12.8 Å². The highest BCUT2D eigenvalue weighted by Gasteiger charge is 2.19. The van der Waals surface area contributed by atoms with Crippen molar-refractivity contribution in [2.24, 2.45) is 0 Å². The third kappa shape index (κ3) is 44.7. The van der Waals surface area contributed by atoms with Gasteiger partial charge in [0.2, 0.25) is 0 Å². The second-order valence-electron chi connectivity index (χ2n) is 16.7.